The van der Waals surface area contributed by atoms with Crippen LogP contribution in [0.1, 0.15) is 27.6 Å². The number of fused-ring (bicyclic) bond motifs is 1. The molecule has 0 saturated heterocycles. The van der Waals surface area contributed by atoms with Gasteiger partial charge >= 0.3 is 0 Å². The summed E-state index contributed by atoms with van der Waals surface area (Å²) >= 11 is 0. The lowest BCUT2D eigenvalue weighted by molar-refractivity contribution is 0.0963. The number of ketones is 1. The van der Waals surface area contributed by atoms with Gasteiger partial charge in [0.2, 0.25) is 10.0 Å². The molecule has 0 aliphatic rings. The minimum atomic E-state index is -3.65. The van der Waals surface area contributed by atoms with Crippen LogP contribution in [0.4, 0.5) is 10.1 Å². The average Bonchev–Trinajstić information content (AvgIpc) is 2.97. The number of hydrogen-bond donors (Lipinski definition) is 2. The molecule has 0 saturated carbocycles. The van der Waals surface area contributed by atoms with Gasteiger partial charge in [-0.1, -0.05) is 0 Å². The molecule has 3 aromatic rings. The summed E-state index contributed by atoms with van der Waals surface area (Å²) in [6, 6.07) is 8.14. The van der Waals surface area contributed by atoms with Gasteiger partial charge in [-0.3, -0.25) is 14.3 Å². The van der Waals surface area contributed by atoms with Crippen LogP contribution in [0.15, 0.2) is 40.8 Å². The fourth-order valence-corrected chi connectivity index (χ4v) is 3.44. The molecule has 0 aliphatic heterocycles. The monoisotopic (exact) mass is 404 g/mol. The summed E-state index contributed by atoms with van der Waals surface area (Å²) in [5, 5.41) is 2.85. The van der Waals surface area contributed by atoms with Crippen molar-refractivity contribution in [3.05, 3.63) is 53.3 Å². The predicted molar refractivity (Wildman–Crippen MR) is 103 cm³/mol. The molecule has 0 unspecified atom stereocenters. The first kappa shape index (κ1) is 19.6. The fraction of sp³-hybridized carbons (Fsp3) is 0.158. The van der Waals surface area contributed by atoms with Crippen molar-refractivity contribution >= 4 is 38.4 Å². The molecule has 2 N–H and O–H groups in total. The number of furan rings is 1. The standard InChI is InChI=1S/C19H17FN2O5S/c1-10(23)13-8-14-16(9-15(13)22-28(3,25)26)27-18(17(14)19(24)21-2)11-4-6-12(20)7-5-11/h4-9,22H,1-3H3,(H,21,24). The van der Waals surface area contributed by atoms with Crippen LogP contribution < -0.4 is 10.0 Å². The number of benzene rings is 2. The lowest BCUT2D eigenvalue weighted by Gasteiger charge is -2.09. The lowest BCUT2D eigenvalue weighted by atomic mass is 10.0. The maximum Gasteiger partial charge on any atom is 0.255 e. The van der Waals surface area contributed by atoms with E-state index in [4.69, 9.17) is 4.42 Å². The van der Waals surface area contributed by atoms with Crippen molar-refractivity contribution in [2.24, 2.45) is 0 Å². The summed E-state index contributed by atoms with van der Waals surface area (Å²) in [6.07, 6.45) is 0.961. The normalized spacial score (nSPS) is 11.4. The second-order valence-electron chi connectivity index (χ2n) is 6.22. The highest BCUT2D eigenvalue weighted by Crippen LogP contribution is 2.37. The van der Waals surface area contributed by atoms with E-state index in [1.807, 2.05) is 0 Å². The van der Waals surface area contributed by atoms with E-state index in [1.165, 1.54) is 50.4 Å². The molecule has 9 heteroatoms. The fourth-order valence-electron chi connectivity index (χ4n) is 2.87. The Bertz CT molecular complexity index is 1200. The zero-order valence-electron chi connectivity index (χ0n) is 15.3. The van der Waals surface area contributed by atoms with E-state index in [9.17, 15) is 22.4 Å². The van der Waals surface area contributed by atoms with Gasteiger partial charge in [-0.2, -0.15) is 0 Å². The smallest absolute Gasteiger partial charge is 0.255 e. The highest BCUT2D eigenvalue weighted by Gasteiger charge is 2.24. The van der Waals surface area contributed by atoms with E-state index in [0.29, 0.717) is 10.9 Å². The maximum absolute atomic E-state index is 13.3. The summed E-state index contributed by atoms with van der Waals surface area (Å²) in [7, 11) is -2.20. The number of carbonyl (C=O) groups is 2. The number of sulfonamides is 1. The third kappa shape index (κ3) is 3.74. The zero-order chi connectivity index (χ0) is 20.6. The van der Waals surface area contributed by atoms with E-state index < -0.39 is 21.7 Å². The minimum absolute atomic E-state index is 0.0466. The Morgan fingerprint density at radius 3 is 2.29 bits per heavy atom. The molecule has 1 amide bonds. The van der Waals surface area contributed by atoms with Crippen molar-refractivity contribution in [2.45, 2.75) is 6.92 Å². The van der Waals surface area contributed by atoms with E-state index in [0.717, 1.165) is 6.26 Å². The summed E-state index contributed by atoms with van der Waals surface area (Å²) in [4.78, 5) is 24.6. The first-order valence-corrected chi connectivity index (χ1v) is 10.1. The molecule has 0 bridgehead atoms. The Morgan fingerprint density at radius 1 is 1.11 bits per heavy atom. The Balaban J connectivity index is 2.34. The number of Topliss-reactive ketones (excluding diaryl/α,β-unsaturated/α-hetero) is 1. The second-order valence-corrected chi connectivity index (χ2v) is 7.97. The molecular formula is C19H17FN2O5S. The molecule has 0 spiro atoms. The second kappa shape index (κ2) is 7.08. The number of halogens is 1. The summed E-state index contributed by atoms with van der Waals surface area (Å²) in [5.41, 5.74) is 0.963. The SMILES string of the molecule is CNC(=O)c1c(-c2ccc(F)cc2)oc2cc(NS(C)(=O)=O)c(C(C)=O)cc12. The molecule has 0 radical (unpaired) electrons. The molecule has 0 atom stereocenters. The Labute approximate surface area is 160 Å². The van der Waals surface area contributed by atoms with E-state index in [-0.39, 0.29) is 33.9 Å². The first-order valence-electron chi connectivity index (χ1n) is 8.18. The maximum atomic E-state index is 13.3. The van der Waals surface area contributed by atoms with Crippen molar-refractivity contribution < 1.29 is 26.8 Å². The quantitative estimate of drug-likeness (QED) is 0.636. The van der Waals surface area contributed by atoms with Crippen molar-refractivity contribution in [2.75, 3.05) is 18.0 Å². The third-order valence-electron chi connectivity index (χ3n) is 4.06. The van der Waals surface area contributed by atoms with Crippen molar-refractivity contribution in [1.29, 1.82) is 0 Å². The Kier molecular flexibility index (Phi) is 4.95. The van der Waals surface area contributed by atoms with Gasteiger partial charge in [0.1, 0.15) is 17.2 Å². The van der Waals surface area contributed by atoms with Gasteiger partial charge in [-0.25, -0.2) is 12.8 Å². The first-order chi connectivity index (χ1) is 13.1. The number of hydrogen-bond acceptors (Lipinski definition) is 5. The molecule has 0 fully saturated rings. The van der Waals surface area contributed by atoms with Gasteiger partial charge in [0.15, 0.2) is 5.78 Å². The summed E-state index contributed by atoms with van der Waals surface area (Å²) < 4.78 is 44.6. The predicted octanol–water partition coefficient (Wildman–Crippen LogP) is 3.17. The topological polar surface area (TPSA) is 105 Å². The molecule has 1 aromatic heterocycles. The molecule has 2 aromatic carbocycles. The van der Waals surface area contributed by atoms with Crippen LogP contribution in [0, 0.1) is 5.82 Å². The molecule has 1 heterocycles. The number of amides is 1. The largest absolute Gasteiger partial charge is 0.455 e. The Morgan fingerprint density at radius 2 is 1.75 bits per heavy atom. The molecule has 28 heavy (non-hydrogen) atoms. The molecular weight excluding hydrogens is 387 g/mol. The van der Waals surface area contributed by atoms with Crippen LogP contribution in [0.2, 0.25) is 0 Å². The molecule has 3 rings (SSSR count). The Hall–Kier alpha value is -3.20. The molecule has 0 aliphatic carbocycles. The number of nitrogens with one attached hydrogen (secondary N) is 2. The zero-order valence-corrected chi connectivity index (χ0v) is 16.1. The van der Waals surface area contributed by atoms with Gasteiger partial charge in [-0.05, 0) is 37.3 Å². The number of anilines is 1. The summed E-state index contributed by atoms with van der Waals surface area (Å²) in [6.45, 7) is 1.29. The van der Waals surface area contributed by atoms with Crippen LogP contribution >= 0.6 is 0 Å². The van der Waals surface area contributed by atoms with Crippen LogP contribution in [0.5, 0.6) is 0 Å². The van der Waals surface area contributed by atoms with Gasteiger partial charge in [0.05, 0.1) is 17.5 Å². The average molecular weight is 404 g/mol. The minimum Gasteiger partial charge on any atom is -0.455 e. The summed E-state index contributed by atoms with van der Waals surface area (Å²) in [5.74, 6) is -1.11. The third-order valence-corrected chi connectivity index (χ3v) is 4.65. The van der Waals surface area contributed by atoms with Gasteiger partial charge in [0, 0.05) is 29.6 Å². The van der Waals surface area contributed by atoms with Crippen molar-refractivity contribution in [1.82, 2.24) is 5.32 Å². The van der Waals surface area contributed by atoms with Crippen LogP contribution in [-0.2, 0) is 10.0 Å². The van der Waals surface area contributed by atoms with Crippen molar-refractivity contribution in [3.63, 3.8) is 0 Å². The van der Waals surface area contributed by atoms with Gasteiger partial charge in [-0.15, -0.1) is 0 Å². The van der Waals surface area contributed by atoms with Gasteiger partial charge in [0.25, 0.3) is 5.91 Å². The lowest BCUT2D eigenvalue weighted by Crippen LogP contribution is -2.18. The van der Waals surface area contributed by atoms with Crippen molar-refractivity contribution in [3.8, 4) is 11.3 Å². The number of rotatable bonds is 5. The van der Waals surface area contributed by atoms with E-state index in [1.54, 1.807) is 0 Å². The van der Waals surface area contributed by atoms with E-state index >= 15 is 0 Å². The van der Waals surface area contributed by atoms with E-state index in [2.05, 4.69) is 10.0 Å². The number of carbonyl (C=O) groups excluding carboxylic acids is 2. The van der Waals surface area contributed by atoms with Crippen LogP contribution in [-0.4, -0.2) is 33.4 Å². The highest BCUT2D eigenvalue weighted by molar-refractivity contribution is 7.92. The van der Waals surface area contributed by atoms with Crippen LogP contribution in [0.3, 0.4) is 0 Å². The molecule has 146 valence electrons. The van der Waals surface area contributed by atoms with Crippen LogP contribution in [0.25, 0.3) is 22.3 Å². The molecule has 7 nitrogen and oxygen atoms in total. The highest BCUT2D eigenvalue weighted by atomic mass is 32.2. The van der Waals surface area contributed by atoms with Gasteiger partial charge < -0.3 is 9.73 Å².